The van der Waals surface area contributed by atoms with E-state index in [4.69, 9.17) is 9.47 Å². The first-order chi connectivity index (χ1) is 15.7. The molecule has 0 aliphatic carbocycles. The molecule has 2 unspecified atom stereocenters. The largest absolute Gasteiger partial charge is 0.383 e. The molecule has 0 spiro atoms. The van der Waals surface area contributed by atoms with Crippen molar-refractivity contribution in [1.29, 1.82) is 0 Å². The van der Waals surface area contributed by atoms with E-state index < -0.39 is 12.0 Å². The summed E-state index contributed by atoms with van der Waals surface area (Å²) in [6.45, 7) is 5.40. The van der Waals surface area contributed by atoms with Crippen molar-refractivity contribution in [3.05, 3.63) is 71.3 Å². The number of carbonyl (C=O) groups excluding carboxylic acids is 2. The van der Waals surface area contributed by atoms with Crippen molar-refractivity contribution < 1.29 is 19.1 Å². The molecule has 170 valence electrons. The number of ether oxygens (including phenoxy) is 2. The van der Waals surface area contributed by atoms with Gasteiger partial charge in [0.2, 0.25) is 5.91 Å². The van der Waals surface area contributed by atoms with Crippen molar-refractivity contribution in [2.45, 2.75) is 12.0 Å². The highest BCUT2D eigenvalue weighted by atomic mass is 16.5. The quantitative estimate of drug-likeness (QED) is 0.685. The second kappa shape index (κ2) is 10.7. The molecule has 32 heavy (non-hydrogen) atoms. The molecule has 1 saturated heterocycles. The van der Waals surface area contributed by atoms with Crippen LogP contribution in [0.2, 0.25) is 0 Å². The van der Waals surface area contributed by atoms with Crippen LogP contribution < -0.4 is 5.32 Å². The van der Waals surface area contributed by atoms with Crippen LogP contribution in [0.15, 0.2) is 54.6 Å². The number of hydrogen-bond donors (Lipinski definition) is 1. The van der Waals surface area contributed by atoms with Crippen molar-refractivity contribution in [2.24, 2.45) is 0 Å². The molecule has 0 saturated carbocycles. The van der Waals surface area contributed by atoms with Gasteiger partial charge in [-0.05, 0) is 17.2 Å². The standard InChI is InChI=1S/C25H31N3O4/c1-31-16-15-28-23(19-7-3-2-4-8-19)22(20-9-5-6-10-21(20)25(28)30)24(29)26-11-12-27-13-17-32-18-14-27/h2-10,22-23H,11-18H2,1H3,(H,26,29). The highest BCUT2D eigenvalue weighted by Gasteiger charge is 2.43. The SMILES string of the molecule is COCCN1C(=O)c2ccccc2C(C(=O)NCCN2CCOCC2)C1c1ccccc1. The van der Waals surface area contributed by atoms with Crippen LogP contribution in [0.25, 0.3) is 0 Å². The van der Waals surface area contributed by atoms with Crippen LogP contribution in [0, 0.1) is 0 Å². The lowest BCUT2D eigenvalue weighted by Gasteiger charge is -2.42. The number of hydrogen-bond acceptors (Lipinski definition) is 5. The fraction of sp³-hybridized carbons (Fsp3) is 0.440. The van der Waals surface area contributed by atoms with Crippen molar-refractivity contribution in [2.75, 3.05) is 59.7 Å². The second-order valence-corrected chi connectivity index (χ2v) is 8.16. The lowest BCUT2D eigenvalue weighted by Crippen LogP contribution is -2.49. The highest BCUT2D eigenvalue weighted by Crippen LogP contribution is 2.42. The topological polar surface area (TPSA) is 71.1 Å². The third-order valence-electron chi connectivity index (χ3n) is 6.23. The Morgan fingerprint density at radius 2 is 1.78 bits per heavy atom. The summed E-state index contributed by atoms with van der Waals surface area (Å²) in [6.07, 6.45) is 0. The van der Waals surface area contributed by atoms with E-state index in [0.29, 0.717) is 25.3 Å². The summed E-state index contributed by atoms with van der Waals surface area (Å²) in [5, 5.41) is 3.14. The predicted molar refractivity (Wildman–Crippen MR) is 122 cm³/mol. The van der Waals surface area contributed by atoms with Crippen LogP contribution >= 0.6 is 0 Å². The zero-order valence-electron chi connectivity index (χ0n) is 18.5. The molecule has 7 heteroatoms. The van der Waals surface area contributed by atoms with Gasteiger partial charge in [-0.25, -0.2) is 0 Å². The summed E-state index contributed by atoms with van der Waals surface area (Å²) in [5.41, 5.74) is 2.31. The molecule has 2 aromatic carbocycles. The van der Waals surface area contributed by atoms with E-state index in [1.165, 1.54) is 0 Å². The minimum Gasteiger partial charge on any atom is -0.383 e. The number of methoxy groups -OCH3 is 1. The lowest BCUT2D eigenvalue weighted by molar-refractivity contribution is -0.124. The van der Waals surface area contributed by atoms with E-state index >= 15 is 0 Å². The molecular weight excluding hydrogens is 406 g/mol. The van der Waals surface area contributed by atoms with Crippen molar-refractivity contribution in [3.63, 3.8) is 0 Å². The Bertz CT molecular complexity index is 914. The van der Waals surface area contributed by atoms with Crippen LogP contribution in [-0.2, 0) is 14.3 Å². The molecule has 2 aliphatic rings. The van der Waals surface area contributed by atoms with Gasteiger partial charge in [0.15, 0.2) is 0 Å². The number of nitrogens with one attached hydrogen (secondary N) is 1. The molecule has 7 nitrogen and oxygen atoms in total. The van der Waals surface area contributed by atoms with Gasteiger partial charge in [-0.15, -0.1) is 0 Å². The molecule has 2 aliphatic heterocycles. The van der Waals surface area contributed by atoms with E-state index in [-0.39, 0.29) is 11.8 Å². The van der Waals surface area contributed by atoms with Crippen LogP contribution in [0.3, 0.4) is 0 Å². The molecule has 1 N–H and O–H groups in total. The molecule has 2 amide bonds. The Hall–Kier alpha value is -2.74. The van der Waals surface area contributed by atoms with Gasteiger partial charge in [0.25, 0.3) is 5.91 Å². The molecule has 2 atom stereocenters. The molecule has 4 rings (SSSR count). The average Bonchev–Trinajstić information content (AvgIpc) is 2.84. The van der Waals surface area contributed by atoms with Crippen LogP contribution in [0.5, 0.6) is 0 Å². The maximum atomic E-state index is 13.6. The number of amides is 2. The zero-order chi connectivity index (χ0) is 22.3. The molecule has 2 heterocycles. The Balaban J connectivity index is 1.63. The fourth-order valence-corrected chi connectivity index (χ4v) is 4.60. The summed E-state index contributed by atoms with van der Waals surface area (Å²) in [4.78, 5) is 31.1. The molecule has 0 radical (unpaired) electrons. The molecule has 2 aromatic rings. The Kier molecular flexibility index (Phi) is 7.52. The van der Waals surface area contributed by atoms with Crippen LogP contribution in [-0.4, -0.2) is 81.3 Å². The average molecular weight is 438 g/mol. The zero-order valence-corrected chi connectivity index (χ0v) is 18.5. The van der Waals surface area contributed by atoms with Gasteiger partial charge >= 0.3 is 0 Å². The van der Waals surface area contributed by atoms with Gasteiger partial charge in [0.05, 0.1) is 31.8 Å². The number of nitrogens with zero attached hydrogens (tertiary/aromatic N) is 2. The second-order valence-electron chi connectivity index (χ2n) is 8.16. The van der Waals surface area contributed by atoms with Crippen molar-refractivity contribution in [1.82, 2.24) is 15.1 Å². The van der Waals surface area contributed by atoms with Crippen LogP contribution in [0.1, 0.15) is 33.4 Å². The van der Waals surface area contributed by atoms with Crippen molar-refractivity contribution in [3.8, 4) is 0 Å². The number of benzene rings is 2. The van der Waals surface area contributed by atoms with E-state index in [1.54, 1.807) is 12.0 Å². The van der Waals surface area contributed by atoms with Gasteiger partial charge in [-0.2, -0.15) is 0 Å². The minimum absolute atomic E-state index is 0.0607. The number of morpholine rings is 1. The Labute approximate surface area is 189 Å². The minimum atomic E-state index is -0.493. The summed E-state index contributed by atoms with van der Waals surface area (Å²) >= 11 is 0. The third-order valence-corrected chi connectivity index (χ3v) is 6.23. The summed E-state index contributed by atoms with van der Waals surface area (Å²) in [6, 6.07) is 16.9. The van der Waals surface area contributed by atoms with Crippen LogP contribution in [0.4, 0.5) is 0 Å². The van der Waals surface area contributed by atoms with E-state index in [1.807, 2.05) is 54.6 Å². The number of rotatable bonds is 8. The summed E-state index contributed by atoms with van der Waals surface area (Å²) in [5.74, 6) is -0.619. The van der Waals surface area contributed by atoms with E-state index in [2.05, 4.69) is 10.2 Å². The van der Waals surface area contributed by atoms with Gasteiger partial charge in [0, 0.05) is 45.4 Å². The third kappa shape index (κ3) is 4.85. The smallest absolute Gasteiger partial charge is 0.254 e. The maximum absolute atomic E-state index is 13.6. The first kappa shape index (κ1) is 22.5. The normalized spacial score (nSPS) is 21.3. The molecule has 0 aromatic heterocycles. The number of fused-ring (bicyclic) bond motifs is 1. The predicted octanol–water partition coefficient (Wildman–Crippen LogP) is 2.06. The number of carbonyl (C=O) groups is 2. The molecule has 0 bridgehead atoms. The monoisotopic (exact) mass is 437 g/mol. The van der Waals surface area contributed by atoms with Gasteiger partial charge in [0.1, 0.15) is 0 Å². The Morgan fingerprint density at radius 3 is 2.53 bits per heavy atom. The van der Waals surface area contributed by atoms with Gasteiger partial charge < -0.3 is 19.7 Å². The maximum Gasteiger partial charge on any atom is 0.254 e. The summed E-state index contributed by atoms with van der Waals surface area (Å²) < 4.78 is 10.7. The van der Waals surface area contributed by atoms with E-state index in [9.17, 15) is 9.59 Å². The van der Waals surface area contributed by atoms with Gasteiger partial charge in [-0.3, -0.25) is 14.5 Å². The highest BCUT2D eigenvalue weighted by molar-refractivity contribution is 6.01. The van der Waals surface area contributed by atoms with E-state index in [0.717, 1.165) is 44.0 Å². The Morgan fingerprint density at radius 1 is 1.06 bits per heavy atom. The fourth-order valence-electron chi connectivity index (χ4n) is 4.60. The first-order valence-electron chi connectivity index (χ1n) is 11.2. The molecule has 1 fully saturated rings. The summed E-state index contributed by atoms with van der Waals surface area (Å²) in [7, 11) is 1.62. The van der Waals surface area contributed by atoms with Crippen molar-refractivity contribution >= 4 is 11.8 Å². The first-order valence-corrected chi connectivity index (χ1v) is 11.2. The van der Waals surface area contributed by atoms with Gasteiger partial charge in [-0.1, -0.05) is 48.5 Å². The molecular formula is C25H31N3O4. The lowest BCUT2D eigenvalue weighted by atomic mass is 9.79.